The summed E-state index contributed by atoms with van der Waals surface area (Å²) in [5.41, 5.74) is 1.59. The first-order valence-corrected chi connectivity index (χ1v) is 7.73. The van der Waals surface area contributed by atoms with Crippen molar-refractivity contribution < 1.29 is 4.79 Å². The summed E-state index contributed by atoms with van der Waals surface area (Å²) in [6.07, 6.45) is 5.75. The second-order valence-corrected chi connectivity index (χ2v) is 6.36. The maximum atomic E-state index is 12.3. The van der Waals surface area contributed by atoms with Crippen LogP contribution in [0.15, 0.2) is 28.3 Å². The summed E-state index contributed by atoms with van der Waals surface area (Å²) in [6.45, 7) is 0.465. The average Bonchev–Trinajstić information content (AvgIpc) is 3.12. The van der Waals surface area contributed by atoms with Crippen LogP contribution in [0.3, 0.4) is 0 Å². The highest BCUT2D eigenvalue weighted by Crippen LogP contribution is 2.40. The van der Waals surface area contributed by atoms with Crippen molar-refractivity contribution in [1.29, 1.82) is 0 Å². The van der Waals surface area contributed by atoms with E-state index in [2.05, 4.69) is 31.2 Å². The molecule has 4 nitrogen and oxygen atoms in total. The van der Waals surface area contributed by atoms with Gasteiger partial charge in [-0.05, 0) is 34.8 Å². The van der Waals surface area contributed by atoms with Gasteiger partial charge in [0.1, 0.15) is 5.01 Å². The van der Waals surface area contributed by atoms with Gasteiger partial charge in [-0.2, -0.15) is 0 Å². The molecule has 19 heavy (non-hydrogen) atoms. The third kappa shape index (κ3) is 3.01. The highest BCUT2D eigenvalue weighted by atomic mass is 79.9. The molecule has 2 heterocycles. The fourth-order valence-electron chi connectivity index (χ4n) is 1.91. The monoisotopic (exact) mass is 337 g/mol. The van der Waals surface area contributed by atoms with Crippen molar-refractivity contribution in [2.75, 3.05) is 0 Å². The van der Waals surface area contributed by atoms with E-state index in [1.807, 2.05) is 11.4 Å². The smallest absolute Gasteiger partial charge is 0.253 e. The molecule has 1 amide bonds. The van der Waals surface area contributed by atoms with Crippen molar-refractivity contribution in [3.05, 3.63) is 44.6 Å². The predicted molar refractivity (Wildman–Crippen MR) is 77.2 cm³/mol. The van der Waals surface area contributed by atoms with Crippen LogP contribution in [-0.2, 0) is 6.54 Å². The molecule has 2 aromatic heterocycles. The lowest BCUT2D eigenvalue weighted by molar-refractivity contribution is 0.0949. The molecule has 98 valence electrons. The number of carbonyl (C=O) groups is 1. The number of hydrogen-bond donors (Lipinski definition) is 1. The summed E-state index contributed by atoms with van der Waals surface area (Å²) in [6, 6.07) is 1.85. The van der Waals surface area contributed by atoms with Crippen molar-refractivity contribution in [2.24, 2.45) is 0 Å². The minimum atomic E-state index is -0.0779. The van der Waals surface area contributed by atoms with Gasteiger partial charge in [0, 0.05) is 28.2 Å². The molecule has 1 saturated carbocycles. The number of amides is 1. The van der Waals surface area contributed by atoms with Crippen molar-refractivity contribution in [3.8, 4) is 0 Å². The summed E-state index contributed by atoms with van der Waals surface area (Å²) < 4.78 is 0.830. The zero-order valence-electron chi connectivity index (χ0n) is 10.1. The highest BCUT2D eigenvalue weighted by Gasteiger charge is 2.29. The van der Waals surface area contributed by atoms with Gasteiger partial charge in [0.15, 0.2) is 0 Å². The molecule has 0 unspecified atom stereocenters. The van der Waals surface area contributed by atoms with Crippen LogP contribution in [0.1, 0.15) is 39.8 Å². The normalized spacial score (nSPS) is 14.4. The zero-order chi connectivity index (χ0) is 13.2. The van der Waals surface area contributed by atoms with Crippen LogP contribution in [0.25, 0.3) is 0 Å². The second kappa shape index (κ2) is 5.38. The van der Waals surface area contributed by atoms with Crippen LogP contribution >= 0.6 is 27.3 Å². The van der Waals surface area contributed by atoms with Crippen LogP contribution in [0.2, 0.25) is 0 Å². The second-order valence-electron chi connectivity index (χ2n) is 4.47. The standard InChI is InChI=1S/C13H12BrN3OS/c14-9-5-10(12(16-6-9)8-1-2-8)13(18)17-7-11-15-3-4-19-11/h3-6,8H,1-2,7H2,(H,17,18). The number of nitrogens with zero attached hydrogens (tertiary/aromatic N) is 2. The Bertz CT molecular complexity index is 596. The molecule has 2 aromatic rings. The van der Waals surface area contributed by atoms with E-state index in [1.165, 1.54) is 11.3 Å². The highest BCUT2D eigenvalue weighted by molar-refractivity contribution is 9.10. The number of halogens is 1. The fraction of sp³-hybridized carbons (Fsp3) is 0.308. The molecule has 0 spiro atoms. The molecular formula is C13H12BrN3OS. The summed E-state index contributed by atoms with van der Waals surface area (Å²) in [5, 5.41) is 5.71. The Morgan fingerprint density at radius 2 is 2.32 bits per heavy atom. The number of rotatable bonds is 4. The maximum absolute atomic E-state index is 12.3. The lowest BCUT2D eigenvalue weighted by Crippen LogP contribution is -2.24. The SMILES string of the molecule is O=C(NCc1nccs1)c1cc(Br)cnc1C1CC1. The minimum absolute atomic E-state index is 0.0779. The first kappa shape index (κ1) is 12.7. The van der Waals surface area contributed by atoms with Crippen molar-refractivity contribution in [3.63, 3.8) is 0 Å². The Kier molecular flexibility index (Phi) is 3.61. The quantitative estimate of drug-likeness (QED) is 0.932. The molecule has 1 fully saturated rings. The van der Waals surface area contributed by atoms with Crippen LogP contribution in [0, 0.1) is 0 Å². The summed E-state index contributed by atoms with van der Waals surface area (Å²) in [5.74, 6) is 0.375. The molecule has 1 aliphatic rings. The minimum Gasteiger partial charge on any atom is -0.345 e. The maximum Gasteiger partial charge on any atom is 0.253 e. The molecule has 0 atom stereocenters. The Balaban J connectivity index is 1.76. The van der Waals surface area contributed by atoms with Gasteiger partial charge in [-0.3, -0.25) is 9.78 Å². The first-order valence-electron chi connectivity index (χ1n) is 6.06. The van der Waals surface area contributed by atoms with Crippen molar-refractivity contribution in [1.82, 2.24) is 15.3 Å². The number of aromatic nitrogens is 2. The van der Waals surface area contributed by atoms with E-state index < -0.39 is 0 Å². The Labute approximate surface area is 123 Å². The Hall–Kier alpha value is -1.27. The molecular weight excluding hydrogens is 326 g/mol. The summed E-state index contributed by atoms with van der Waals surface area (Å²) >= 11 is 4.91. The van der Waals surface area contributed by atoms with Crippen LogP contribution in [-0.4, -0.2) is 15.9 Å². The number of carbonyl (C=O) groups excluding carboxylic acids is 1. The van der Waals surface area contributed by atoms with Gasteiger partial charge in [0.2, 0.25) is 0 Å². The van der Waals surface area contributed by atoms with E-state index in [1.54, 1.807) is 12.4 Å². The van der Waals surface area contributed by atoms with E-state index in [0.29, 0.717) is 18.0 Å². The third-order valence-corrected chi connectivity index (χ3v) is 4.19. The van der Waals surface area contributed by atoms with E-state index in [9.17, 15) is 4.79 Å². The number of pyridine rings is 1. The van der Waals surface area contributed by atoms with Gasteiger partial charge in [-0.1, -0.05) is 0 Å². The third-order valence-electron chi connectivity index (χ3n) is 2.98. The van der Waals surface area contributed by atoms with E-state index in [-0.39, 0.29) is 5.91 Å². The molecule has 0 aliphatic heterocycles. The van der Waals surface area contributed by atoms with Gasteiger partial charge in [0.05, 0.1) is 17.8 Å². The van der Waals surface area contributed by atoms with E-state index >= 15 is 0 Å². The lowest BCUT2D eigenvalue weighted by atomic mass is 10.1. The fourth-order valence-corrected chi connectivity index (χ4v) is 2.79. The number of nitrogens with one attached hydrogen (secondary N) is 1. The molecule has 0 aromatic carbocycles. The molecule has 6 heteroatoms. The molecule has 0 radical (unpaired) electrons. The van der Waals surface area contributed by atoms with Gasteiger partial charge >= 0.3 is 0 Å². The predicted octanol–water partition coefficient (Wildman–Crippen LogP) is 3.11. The van der Waals surface area contributed by atoms with Crippen molar-refractivity contribution in [2.45, 2.75) is 25.3 Å². The average molecular weight is 338 g/mol. The molecule has 3 rings (SSSR count). The molecule has 0 saturated heterocycles. The lowest BCUT2D eigenvalue weighted by Gasteiger charge is -2.08. The molecule has 1 aliphatic carbocycles. The Morgan fingerprint density at radius 3 is 3.00 bits per heavy atom. The van der Waals surface area contributed by atoms with Gasteiger partial charge in [-0.25, -0.2) is 4.98 Å². The van der Waals surface area contributed by atoms with Crippen LogP contribution in [0.5, 0.6) is 0 Å². The topological polar surface area (TPSA) is 54.9 Å². The van der Waals surface area contributed by atoms with E-state index in [4.69, 9.17) is 0 Å². The Morgan fingerprint density at radius 1 is 1.47 bits per heavy atom. The zero-order valence-corrected chi connectivity index (χ0v) is 12.5. The van der Waals surface area contributed by atoms with Crippen molar-refractivity contribution >= 4 is 33.2 Å². The van der Waals surface area contributed by atoms with Crippen LogP contribution in [0.4, 0.5) is 0 Å². The van der Waals surface area contributed by atoms with E-state index in [0.717, 1.165) is 28.0 Å². The van der Waals surface area contributed by atoms with Gasteiger partial charge in [0.25, 0.3) is 5.91 Å². The largest absolute Gasteiger partial charge is 0.345 e. The molecule has 0 bridgehead atoms. The summed E-state index contributed by atoms with van der Waals surface area (Å²) in [4.78, 5) is 20.8. The summed E-state index contributed by atoms with van der Waals surface area (Å²) in [7, 11) is 0. The first-order chi connectivity index (χ1) is 9.24. The number of hydrogen-bond acceptors (Lipinski definition) is 4. The van der Waals surface area contributed by atoms with Crippen LogP contribution < -0.4 is 5.32 Å². The van der Waals surface area contributed by atoms with Gasteiger partial charge in [-0.15, -0.1) is 11.3 Å². The molecule has 1 N–H and O–H groups in total. The number of thiazole rings is 1. The van der Waals surface area contributed by atoms with Gasteiger partial charge < -0.3 is 5.32 Å².